The predicted molar refractivity (Wildman–Crippen MR) is 120 cm³/mol. The van der Waals surface area contributed by atoms with Crippen molar-refractivity contribution < 1.29 is 14.3 Å². The Morgan fingerprint density at radius 3 is 2.32 bits per heavy atom. The number of nitrogens with one attached hydrogen (secondary N) is 1. The average molecular weight is 419 g/mol. The van der Waals surface area contributed by atoms with Gasteiger partial charge in [-0.3, -0.25) is 4.79 Å². The van der Waals surface area contributed by atoms with Gasteiger partial charge >= 0.3 is 0 Å². The number of benzene rings is 2. The molecule has 1 saturated heterocycles. The molecular weight excluding hydrogens is 394 g/mol. The molecule has 8 nitrogen and oxygen atoms in total. The highest BCUT2D eigenvalue weighted by atomic mass is 16.5. The summed E-state index contributed by atoms with van der Waals surface area (Å²) in [6.45, 7) is 3.39. The summed E-state index contributed by atoms with van der Waals surface area (Å²) >= 11 is 0. The Balaban J connectivity index is 1.26. The lowest BCUT2D eigenvalue weighted by atomic mass is 10.2. The summed E-state index contributed by atoms with van der Waals surface area (Å²) in [7, 11) is 1.58. The van der Waals surface area contributed by atoms with E-state index in [1.165, 1.54) is 5.69 Å². The zero-order chi connectivity index (χ0) is 21.5. The number of ether oxygens (including phenoxy) is 2. The highest BCUT2D eigenvalue weighted by Gasteiger charge is 2.19. The summed E-state index contributed by atoms with van der Waals surface area (Å²) < 4.78 is 10.6. The zero-order valence-electron chi connectivity index (χ0n) is 17.4. The van der Waals surface area contributed by atoms with Crippen molar-refractivity contribution in [1.29, 1.82) is 0 Å². The Bertz CT molecular complexity index is 990. The molecule has 160 valence electrons. The van der Waals surface area contributed by atoms with Gasteiger partial charge in [0.25, 0.3) is 5.91 Å². The quantitative estimate of drug-likeness (QED) is 0.631. The summed E-state index contributed by atoms with van der Waals surface area (Å²) in [6.07, 6.45) is 3.24. The van der Waals surface area contributed by atoms with Gasteiger partial charge in [-0.15, -0.1) is 0 Å². The molecule has 0 unspecified atom stereocenters. The third kappa shape index (κ3) is 5.42. The topological polar surface area (TPSA) is 79.8 Å². The number of aromatic nitrogens is 2. The van der Waals surface area contributed by atoms with Crippen LogP contribution in [0.4, 0.5) is 17.3 Å². The molecule has 0 saturated carbocycles. The number of rotatable bonds is 7. The molecule has 3 aromatic rings. The Morgan fingerprint density at radius 2 is 1.61 bits per heavy atom. The fourth-order valence-corrected chi connectivity index (χ4v) is 3.39. The van der Waals surface area contributed by atoms with E-state index in [2.05, 4.69) is 49.4 Å². The van der Waals surface area contributed by atoms with Crippen LogP contribution in [0.3, 0.4) is 0 Å². The molecule has 4 rings (SSSR count). The molecular formula is C23H25N5O3. The molecule has 0 atom stereocenters. The van der Waals surface area contributed by atoms with Gasteiger partial charge in [0, 0.05) is 37.9 Å². The van der Waals surface area contributed by atoms with Crippen LogP contribution in [0.1, 0.15) is 0 Å². The van der Waals surface area contributed by atoms with Crippen molar-refractivity contribution in [1.82, 2.24) is 9.97 Å². The van der Waals surface area contributed by atoms with Gasteiger partial charge < -0.3 is 24.6 Å². The van der Waals surface area contributed by atoms with Gasteiger partial charge in [0.15, 0.2) is 6.61 Å². The molecule has 2 heterocycles. The van der Waals surface area contributed by atoms with Crippen LogP contribution in [0.15, 0.2) is 67.0 Å². The van der Waals surface area contributed by atoms with Crippen molar-refractivity contribution in [3.05, 3.63) is 67.0 Å². The van der Waals surface area contributed by atoms with E-state index >= 15 is 0 Å². The predicted octanol–water partition coefficient (Wildman–Crippen LogP) is 2.83. The lowest BCUT2D eigenvalue weighted by molar-refractivity contribution is -0.118. The second-order valence-electron chi connectivity index (χ2n) is 7.10. The standard InChI is InChI=1S/C23H25N5O3/c1-30-20-8-5-9-21(14-20)31-17-22(29)26-18-15-24-23(25-16-18)28-12-10-27(11-13-28)19-6-3-2-4-7-19/h2-9,14-16H,10-13,17H2,1H3,(H,26,29). The molecule has 0 bridgehead atoms. The number of carbonyl (C=O) groups is 1. The third-order valence-electron chi connectivity index (χ3n) is 5.02. The number of piperazine rings is 1. The first-order valence-corrected chi connectivity index (χ1v) is 10.1. The van der Waals surface area contributed by atoms with Gasteiger partial charge in [0.1, 0.15) is 11.5 Å². The molecule has 1 amide bonds. The molecule has 0 radical (unpaired) electrons. The van der Waals surface area contributed by atoms with Gasteiger partial charge in [-0.2, -0.15) is 0 Å². The number of methoxy groups -OCH3 is 1. The molecule has 0 spiro atoms. The average Bonchev–Trinajstić information content (AvgIpc) is 2.84. The van der Waals surface area contributed by atoms with Crippen LogP contribution in [0.25, 0.3) is 0 Å². The number of para-hydroxylation sites is 1. The van der Waals surface area contributed by atoms with E-state index in [0.717, 1.165) is 26.2 Å². The normalized spacial score (nSPS) is 13.6. The summed E-state index contributed by atoms with van der Waals surface area (Å²) in [6, 6.07) is 17.5. The molecule has 8 heteroatoms. The van der Waals surface area contributed by atoms with Gasteiger partial charge in [0.2, 0.25) is 5.95 Å². The van der Waals surface area contributed by atoms with Crippen LogP contribution in [0.2, 0.25) is 0 Å². The van der Waals surface area contributed by atoms with Crippen LogP contribution >= 0.6 is 0 Å². The summed E-state index contributed by atoms with van der Waals surface area (Å²) in [5.74, 6) is 1.62. The van der Waals surface area contributed by atoms with Crippen molar-refractivity contribution in [3.63, 3.8) is 0 Å². The van der Waals surface area contributed by atoms with Crippen molar-refractivity contribution in [2.24, 2.45) is 0 Å². The maximum absolute atomic E-state index is 12.2. The van der Waals surface area contributed by atoms with Gasteiger partial charge in [-0.25, -0.2) is 9.97 Å². The number of hydrogen-bond donors (Lipinski definition) is 1. The second-order valence-corrected chi connectivity index (χ2v) is 7.10. The fraction of sp³-hybridized carbons (Fsp3) is 0.261. The molecule has 1 N–H and O–H groups in total. The largest absolute Gasteiger partial charge is 0.497 e. The van der Waals surface area contributed by atoms with Gasteiger partial charge in [0.05, 0.1) is 25.2 Å². The maximum atomic E-state index is 12.2. The summed E-state index contributed by atoms with van der Waals surface area (Å²) in [4.78, 5) is 25.5. The number of nitrogens with zero attached hydrogens (tertiary/aromatic N) is 4. The first-order chi connectivity index (χ1) is 15.2. The molecule has 31 heavy (non-hydrogen) atoms. The Kier molecular flexibility index (Phi) is 6.47. The highest BCUT2D eigenvalue weighted by Crippen LogP contribution is 2.20. The van der Waals surface area contributed by atoms with Gasteiger partial charge in [-0.1, -0.05) is 24.3 Å². The molecule has 1 aliphatic heterocycles. The summed E-state index contributed by atoms with van der Waals surface area (Å²) in [5.41, 5.74) is 1.77. The van der Waals surface area contributed by atoms with E-state index in [9.17, 15) is 4.79 Å². The van der Waals surface area contributed by atoms with E-state index in [-0.39, 0.29) is 12.5 Å². The molecule has 1 fully saturated rings. The monoisotopic (exact) mass is 419 g/mol. The number of amides is 1. The van der Waals surface area contributed by atoms with Crippen molar-refractivity contribution in [2.75, 3.05) is 55.0 Å². The van der Waals surface area contributed by atoms with Crippen LogP contribution in [0.5, 0.6) is 11.5 Å². The Morgan fingerprint density at radius 1 is 0.935 bits per heavy atom. The van der Waals surface area contributed by atoms with Crippen LogP contribution in [-0.2, 0) is 4.79 Å². The van der Waals surface area contributed by atoms with E-state index in [0.29, 0.717) is 23.1 Å². The van der Waals surface area contributed by atoms with Crippen molar-refractivity contribution in [3.8, 4) is 11.5 Å². The van der Waals surface area contributed by atoms with Crippen molar-refractivity contribution >= 4 is 23.2 Å². The number of carbonyl (C=O) groups excluding carboxylic acids is 1. The minimum atomic E-state index is -0.282. The minimum Gasteiger partial charge on any atom is -0.497 e. The van der Waals surface area contributed by atoms with E-state index in [1.807, 2.05) is 12.1 Å². The molecule has 1 aliphatic rings. The molecule has 1 aromatic heterocycles. The van der Waals surface area contributed by atoms with E-state index in [1.54, 1.807) is 37.7 Å². The van der Waals surface area contributed by atoms with Crippen LogP contribution in [0, 0.1) is 0 Å². The highest BCUT2D eigenvalue weighted by molar-refractivity contribution is 5.91. The Labute approximate surface area is 181 Å². The van der Waals surface area contributed by atoms with Crippen LogP contribution in [-0.4, -0.2) is 55.8 Å². The second kappa shape index (κ2) is 9.80. The Hall–Kier alpha value is -3.81. The number of anilines is 3. The minimum absolute atomic E-state index is 0.115. The van der Waals surface area contributed by atoms with Crippen LogP contribution < -0.4 is 24.6 Å². The lowest BCUT2D eigenvalue weighted by Gasteiger charge is -2.36. The van der Waals surface area contributed by atoms with E-state index < -0.39 is 0 Å². The first-order valence-electron chi connectivity index (χ1n) is 10.1. The van der Waals surface area contributed by atoms with Crippen molar-refractivity contribution in [2.45, 2.75) is 0 Å². The lowest BCUT2D eigenvalue weighted by Crippen LogP contribution is -2.47. The SMILES string of the molecule is COc1cccc(OCC(=O)Nc2cnc(N3CCN(c4ccccc4)CC3)nc2)c1. The summed E-state index contributed by atoms with van der Waals surface area (Å²) in [5, 5.41) is 2.75. The van der Waals surface area contributed by atoms with Gasteiger partial charge in [-0.05, 0) is 24.3 Å². The third-order valence-corrected chi connectivity index (χ3v) is 5.02. The van der Waals surface area contributed by atoms with E-state index in [4.69, 9.17) is 9.47 Å². The first kappa shape index (κ1) is 20.5. The fourth-order valence-electron chi connectivity index (χ4n) is 3.39. The molecule has 0 aliphatic carbocycles. The zero-order valence-corrected chi connectivity index (χ0v) is 17.4. The maximum Gasteiger partial charge on any atom is 0.262 e. The molecule has 2 aromatic carbocycles. The number of hydrogen-bond acceptors (Lipinski definition) is 7. The smallest absolute Gasteiger partial charge is 0.262 e.